The SMILES string of the molecule is CC\C=C/C=C\C=C/C=C\C=C/CCCCCC(=O)OC(COC(=O)CCCCC/C=C\C=C/CCCCCCCCC)COC(=O)CCCCCCCCCCCCCCCC. The number of esters is 3. The van der Waals surface area contributed by atoms with E-state index in [2.05, 4.69) is 57.2 Å². The van der Waals surface area contributed by atoms with E-state index in [0.717, 1.165) is 77.0 Å². The maximum atomic E-state index is 12.8. The van der Waals surface area contributed by atoms with Crippen molar-refractivity contribution in [3.05, 3.63) is 85.1 Å². The molecule has 6 heteroatoms. The molecule has 0 N–H and O–H groups in total. The van der Waals surface area contributed by atoms with Gasteiger partial charge in [0.1, 0.15) is 13.2 Å². The normalized spacial score (nSPS) is 12.7. The van der Waals surface area contributed by atoms with Crippen LogP contribution in [0.25, 0.3) is 0 Å². The van der Waals surface area contributed by atoms with E-state index in [-0.39, 0.29) is 37.5 Å². The molecule has 0 aromatic carbocycles. The lowest BCUT2D eigenvalue weighted by atomic mass is 10.0. The van der Waals surface area contributed by atoms with Crippen molar-refractivity contribution in [3.8, 4) is 0 Å². The molecule has 0 aliphatic carbocycles. The molecule has 63 heavy (non-hydrogen) atoms. The Balaban J connectivity index is 4.50. The lowest BCUT2D eigenvalue weighted by Crippen LogP contribution is -2.30. The molecular weight excluding hydrogens is 781 g/mol. The van der Waals surface area contributed by atoms with Crippen LogP contribution in [0.5, 0.6) is 0 Å². The average molecular weight is 877 g/mol. The molecule has 0 aliphatic rings. The molecule has 0 spiro atoms. The number of carbonyl (C=O) groups excluding carboxylic acids is 3. The van der Waals surface area contributed by atoms with E-state index in [9.17, 15) is 14.4 Å². The van der Waals surface area contributed by atoms with Gasteiger partial charge in [-0.1, -0.05) is 241 Å². The summed E-state index contributed by atoms with van der Waals surface area (Å²) >= 11 is 0. The lowest BCUT2D eigenvalue weighted by Gasteiger charge is -2.18. The van der Waals surface area contributed by atoms with Gasteiger partial charge in [-0.05, 0) is 64.2 Å². The summed E-state index contributed by atoms with van der Waals surface area (Å²) in [6.07, 6.45) is 65.6. The summed E-state index contributed by atoms with van der Waals surface area (Å²) in [5.74, 6) is -0.969. The number of allylic oxidation sites excluding steroid dienone is 14. The van der Waals surface area contributed by atoms with Gasteiger partial charge in [-0.3, -0.25) is 14.4 Å². The van der Waals surface area contributed by atoms with Gasteiger partial charge in [0.25, 0.3) is 0 Å². The van der Waals surface area contributed by atoms with Crippen LogP contribution in [0, 0.1) is 0 Å². The van der Waals surface area contributed by atoms with E-state index in [1.165, 1.54) is 116 Å². The monoisotopic (exact) mass is 877 g/mol. The minimum absolute atomic E-state index is 0.101. The highest BCUT2D eigenvalue weighted by atomic mass is 16.6. The first-order valence-electron chi connectivity index (χ1n) is 26.2. The number of carbonyl (C=O) groups is 3. The average Bonchev–Trinajstić information content (AvgIpc) is 3.28. The number of ether oxygens (including phenoxy) is 3. The van der Waals surface area contributed by atoms with Gasteiger partial charge in [0, 0.05) is 19.3 Å². The Labute approximate surface area is 388 Å². The topological polar surface area (TPSA) is 78.9 Å². The predicted octanol–water partition coefficient (Wildman–Crippen LogP) is 17.2. The highest BCUT2D eigenvalue weighted by Crippen LogP contribution is 2.15. The molecule has 0 heterocycles. The highest BCUT2D eigenvalue weighted by molar-refractivity contribution is 5.71. The molecule has 0 bridgehead atoms. The zero-order chi connectivity index (χ0) is 45.8. The third-order valence-corrected chi connectivity index (χ3v) is 11.0. The van der Waals surface area contributed by atoms with Crippen LogP contribution >= 0.6 is 0 Å². The Morgan fingerprint density at radius 3 is 1.00 bits per heavy atom. The van der Waals surface area contributed by atoms with Gasteiger partial charge in [-0.2, -0.15) is 0 Å². The van der Waals surface area contributed by atoms with Crippen LogP contribution in [0.1, 0.15) is 239 Å². The van der Waals surface area contributed by atoms with Crippen LogP contribution in [0.4, 0.5) is 0 Å². The molecule has 0 saturated heterocycles. The summed E-state index contributed by atoms with van der Waals surface area (Å²) in [6, 6.07) is 0. The fraction of sp³-hybridized carbons (Fsp3) is 0.702. The number of rotatable bonds is 46. The van der Waals surface area contributed by atoms with Crippen molar-refractivity contribution in [3.63, 3.8) is 0 Å². The second kappa shape index (κ2) is 51.2. The number of hydrogen-bond acceptors (Lipinski definition) is 6. The largest absolute Gasteiger partial charge is 0.462 e. The van der Waals surface area contributed by atoms with E-state index in [4.69, 9.17) is 14.2 Å². The van der Waals surface area contributed by atoms with Gasteiger partial charge < -0.3 is 14.2 Å². The zero-order valence-corrected chi connectivity index (χ0v) is 41.1. The quantitative estimate of drug-likeness (QED) is 0.0262. The smallest absolute Gasteiger partial charge is 0.306 e. The van der Waals surface area contributed by atoms with Crippen molar-refractivity contribution in [1.82, 2.24) is 0 Å². The summed E-state index contributed by atoms with van der Waals surface area (Å²) in [5, 5.41) is 0. The second-order valence-corrected chi connectivity index (χ2v) is 17.2. The molecular formula is C57H96O6. The van der Waals surface area contributed by atoms with Crippen molar-refractivity contribution in [1.29, 1.82) is 0 Å². The molecule has 0 rings (SSSR count). The van der Waals surface area contributed by atoms with Gasteiger partial charge in [0.05, 0.1) is 0 Å². The lowest BCUT2D eigenvalue weighted by molar-refractivity contribution is -0.167. The maximum Gasteiger partial charge on any atom is 0.306 e. The highest BCUT2D eigenvalue weighted by Gasteiger charge is 2.19. The van der Waals surface area contributed by atoms with E-state index in [1.807, 2.05) is 48.6 Å². The molecule has 1 atom stereocenters. The Hall–Kier alpha value is -3.41. The first-order chi connectivity index (χ1) is 31.0. The summed E-state index contributed by atoms with van der Waals surface area (Å²) in [5.41, 5.74) is 0. The molecule has 1 unspecified atom stereocenters. The van der Waals surface area contributed by atoms with Gasteiger partial charge in [0.2, 0.25) is 0 Å². The van der Waals surface area contributed by atoms with Gasteiger partial charge >= 0.3 is 17.9 Å². The van der Waals surface area contributed by atoms with Crippen LogP contribution in [-0.4, -0.2) is 37.2 Å². The summed E-state index contributed by atoms with van der Waals surface area (Å²) in [4.78, 5) is 38.0. The minimum atomic E-state index is -0.808. The summed E-state index contributed by atoms with van der Waals surface area (Å²) < 4.78 is 16.7. The predicted molar refractivity (Wildman–Crippen MR) is 270 cm³/mol. The molecule has 6 nitrogen and oxygen atoms in total. The van der Waals surface area contributed by atoms with Gasteiger partial charge in [0.15, 0.2) is 6.10 Å². The molecule has 0 amide bonds. The van der Waals surface area contributed by atoms with Gasteiger partial charge in [-0.15, -0.1) is 0 Å². The van der Waals surface area contributed by atoms with E-state index in [0.29, 0.717) is 19.3 Å². The molecule has 0 saturated carbocycles. The first kappa shape index (κ1) is 59.6. The molecule has 0 aliphatic heterocycles. The van der Waals surface area contributed by atoms with E-state index < -0.39 is 6.10 Å². The zero-order valence-electron chi connectivity index (χ0n) is 41.1. The Bertz CT molecular complexity index is 1240. The van der Waals surface area contributed by atoms with Crippen molar-refractivity contribution in [2.24, 2.45) is 0 Å². The fourth-order valence-corrected chi connectivity index (χ4v) is 7.10. The fourth-order valence-electron chi connectivity index (χ4n) is 7.10. The Morgan fingerprint density at radius 2 is 0.619 bits per heavy atom. The third-order valence-electron chi connectivity index (χ3n) is 11.0. The first-order valence-corrected chi connectivity index (χ1v) is 26.2. The molecule has 0 fully saturated rings. The molecule has 0 aromatic heterocycles. The minimum Gasteiger partial charge on any atom is -0.462 e. The molecule has 0 radical (unpaired) electrons. The van der Waals surface area contributed by atoms with Crippen LogP contribution in [0.15, 0.2) is 85.1 Å². The van der Waals surface area contributed by atoms with Crippen molar-refractivity contribution >= 4 is 17.9 Å². The van der Waals surface area contributed by atoms with E-state index in [1.54, 1.807) is 0 Å². The van der Waals surface area contributed by atoms with Crippen molar-refractivity contribution < 1.29 is 28.6 Å². The van der Waals surface area contributed by atoms with Gasteiger partial charge in [-0.25, -0.2) is 0 Å². The molecule has 360 valence electrons. The van der Waals surface area contributed by atoms with Crippen LogP contribution in [-0.2, 0) is 28.6 Å². The Morgan fingerprint density at radius 1 is 0.333 bits per heavy atom. The maximum absolute atomic E-state index is 12.8. The van der Waals surface area contributed by atoms with Crippen molar-refractivity contribution in [2.45, 2.75) is 245 Å². The summed E-state index contributed by atoms with van der Waals surface area (Å²) in [6.45, 7) is 6.43. The number of unbranched alkanes of at least 4 members (excludes halogenated alkanes) is 26. The van der Waals surface area contributed by atoms with E-state index >= 15 is 0 Å². The van der Waals surface area contributed by atoms with Crippen molar-refractivity contribution in [2.75, 3.05) is 13.2 Å². The third kappa shape index (κ3) is 49.5. The number of hydrogen-bond donors (Lipinski definition) is 0. The van der Waals surface area contributed by atoms with Crippen LogP contribution in [0.3, 0.4) is 0 Å². The Kier molecular flexibility index (Phi) is 48.5. The summed E-state index contributed by atoms with van der Waals surface area (Å²) in [7, 11) is 0. The van der Waals surface area contributed by atoms with Crippen LogP contribution in [0.2, 0.25) is 0 Å². The standard InChI is InChI=1S/C57H96O6/c1-4-7-10-13-16-19-22-25-28-30-32-35-38-41-44-47-50-56(59)62-53-54(52-61-55(58)49-46-43-40-37-34-31-27-24-21-18-15-12-9-6-3)63-57(60)51-48-45-42-39-36-33-29-26-23-20-17-14-11-8-5-2/h8,11,14,17,20,23,26,28-30,32-33,35-36,54H,4-7,9-10,12-13,15-16,18-19,21-22,24-25,27,31,34,37-53H2,1-3H3/b11-8-,17-14-,23-20-,29-26-,30-28-,35-32-,36-33-. The van der Waals surface area contributed by atoms with Crippen LogP contribution < -0.4 is 0 Å². The second-order valence-electron chi connectivity index (χ2n) is 17.2. The molecule has 0 aromatic rings.